The molecule has 1 amide bonds. The van der Waals surface area contributed by atoms with Crippen LogP contribution in [0, 0.1) is 0 Å². The van der Waals surface area contributed by atoms with E-state index in [1.54, 1.807) is 26.4 Å². The highest BCUT2D eigenvalue weighted by atomic mass is 16.5. The zero-order chi connectivity index (χ0) is 20.5. The van der Waals surface area contributed by atoms with Crippen LogP contribution in [0.4, 0.5) is 5.69 Å². The predicted octanol–water partition coefficient (Wildman–Crippen LogP) is 3.69. The number of carbonyl (C=O) groups excluding carboxylic acids is 1. The highest BCUT2D eigenvalue weighted by molar-refractivity contribution is 5.91. The van der Waals surface area contributed by atoms with Gasteiger partial charge in [0.15, 0.2) is 23.0 Å². The molecule has 1 N–H and O–H groups in total. The minimum absolute atomic E-state index is 0.0882. The molecule has 0 bridgehead atoms. The van der Waals surface area contributed by atoms with Gasteiger partial charge in [0, 0.05) is 24.2 Å². The Morgan fingerprint density at radius 3 is 1.93 bits per heavy atom. The number of carbonyl (C=O) groups is 1. The summed E-state index contributed by atoms with van der Waals surface area (Å²) >= 11 is 0. The third-order valence-corrected chi connectivity index (χ3v) is 4.27. The fraction of sp³-hybridized carbons (Fsp3) is 0.381. The third-order valence-electron chi connectivity index (χ3n) is 4.27. The van der Waals surface area contributed by atoms with Crippen LogP contribution >= 0.6 is 0 Å². The summed E-state index contributed by atoms with van der Waals surface area (Å²) in [6, 6.07) is 9.17. The molecule has 0 saturated heterocycles. The van der Waals surface area contributed by atoms with Crippen LogP contribution in [-0.2, 0) is 11.2 Å². The zero-order valence-corrected chi connectivity index (χ0v) is 17.0. The molecule has 0 aromatic heterocycles. The van der Waals surface area contributed by atoms with Crippen molar-refractivity contribution in [3.8, 4) is 28.7 Å². The Bertz CT molecular complexity index is 780. The van der Waals surface area contributed by atoms with Gasteiger partial charge in [0.2, 0.25) is 11.7 Å². The summed E-state index contributed by atoms with van der Waals surface area (Å²) in [7, 11) is 7.81. The monoisotopic (exact) mass is 389 g/mol. The zero-order valence-electron chi connectivity index (χ0n) is 17.0. The maximum Gasteiger partial charge on any atom is 0.224 e. The highest BCUT2D eigenvalue weighted by Crippen LogP contribution is 2.40. The first-order valence-electron chi connectivity index (χ1n) is 8.87. The standard InChI is InChI=1S/C21H27NO6/c1-24-16-10-9-14(11-17(16)25-2)7-6-8-20(23)22-15-12-18(26-3)21(28-5)19(13-15)27-4/h9-13H,6-8H2,1-5H3,(H,22,23). The maximum absolute atomic E-state index is 12.3. The summed E-state index contributed by atoms with van der Waals surface area (Å²) in [4.78, 5) is 12.3. The van der Waals surface area contributed by atoms with Crippen molar-refractivity contribution in [1.82, 2.24) is 0 Å². The summed E-state index contributed by atoms with van der Waals surface area (Å²) in [6.07, 6.45) is 1.83. The van der Waals surface area contributed by atoms with Crippen LogP contribution in [0.1, 0.15) is 18.4 Å². The third kappa shape index (κ3) is 5.22. The highest BCUT2D eigenvalue weighted by Gasteiger charge is 2.14. The molecule has 2 aromatic rings. The lowest BCUT2D eigenvalue weighted by Crippen LogP contribution is -2.12. The molecule has 0 atom stereocenters. The van der Waals surface area contributed by atoms with Gasteiger partial charge in [-0.1, -0.05) is 6.07 Å². The van der Waals surface area contributed by atoms with E-state index in [0.29, 0.717) is 47.3 Å². The van der Waals surface area contributed by atoms with Gasteiger partial charge in [0.1, 0.15) is 0 Å². The van der Waals surface area contributed by atoms with Crippen molar-refractivity contribution in [3.05, 3.63) is 35.9 Å². The summed E-state index contributed by atoms with van der Waals surface area (Å²) in [6.45, 7) is 0. The van der Waals surface area contributed by atoms with E-state index in [2.05, 4.69) is 5.32 Å². The predicted molar refractivity (Wildman–Crippen MR) is 107 cm³/mol. The van der Waals surface area contributed by atoms with Gasteiger partial charge in [-0.2, -0.15) is 0 Å². The minimum Gasteiger partial charge on any atom is -0.493 e. The fourth-order valence-corrected chi connectivity index (χ4v) is 2.87. The largest absolute Gasteiger partial charge is 0.493 e. The Kier molecular flexibility index (Phi) is 7.80. The van der Waals surface area contributed by atoms with Gasteiger partial charge in [-0.25, -0.2) is 0 Å². The molecular weight excluding hydrogens is 362 g/mol. The summed E-state index contributed by atoms with van der Waals surface area (Å²) in [5, 5.41) is 2.87. The number of ether oxygens (including phenoxy) is 5. The molecule has 7 nitrogen and oxygen atoms in total. The quantitative estimate of drug-likeness (QED) is 0.668. The number of rotatable bonds is 10. The van der Waals surface area contributed by atoms with Gasteiger partial charge in [0.25, 0.3) is 0 Å². The molecule has 0 aliphatic heterocycles. The molecule has 0 fully saturated rings. The number of hydrogen-bond donors (Lipinski definition) is 1. The first kappa shape index (κ1) is 21.2. The summed E-state index contributed by atoms with van der Waals surface area (Å²) < 4.78 is 26.4. The van der Waals surface area contributed by atoms with Crippen molar-refractivity contribution in [1.29, 1.82) is 0 Å². The second-order valence-electron chi connectivity index (χ2n) is 6.01. The number of methoxy groups -OCH3 is 5. The first-order chi connectivity index (χ1) is 13.6. The van der Waals surface area contributed by atoms with Crippen LogP contribution in [0.5, 0.6) is 28.7 Å². The topological polar surface area (TPSA) is 75.3 Å². The molecule has 2 rings (SSSR count). The number of amides is 1. The van der Waals surface area contributed by atoms with Gasteiger partial charge < -0.3 is 29.0 Å². The molecular formula is C21H27NO6. The van der Waals surface area contributed by atoms with Gasteiger partial charge in [-0.3, -0.25) is 4.79 Å². The van der Waals surface area contributed by atoms with Gasteiger partial charge >= 0.3 is 0 Å². The van der Waals surface area contributed by atoms with Crippen LogP contribution in [0.2, 0.25) is 0 Å². The molecule has 28 heavy (non-hydrogen) atoms. The van der Waals surface area contributed by atoms with E-state index < -0.39 is 0 Å². The fourth-order valence-electron chi connectivity index (χ4n) is 2.87. The average molecular weight is 389 g/mol. The summed E-state index contributed by atoms with van der Waals surface area (Å²) in [5.74, 6) is 2.74. The molecule has 152 valence electrons. The van der Waals surface area contributed by atoms with Crippen molar-refractivity contribution in [2.45, 2.75) is 19.3 Å². The van der Waals surface area contributed by atoms with E-state index in [4.69, 9.17) is 23.7 Å². The smallest absolute Gasteiger partial charge is 0.224 e. The van der Waals surface area contributed by atoms with Crippen molar-refractivity contribution < 1.29 is 28.5 Å². The van der Waals surface area contributed by atoms with E-state index >= 15 is 0 Å². The lowest BCUT2D eigenvalue weighted by atomic mass is 10.1. The molecule has 0 spiro atoms. The first-order valence-corrected chi connectivity index (χ1v) is 8.87. The maximum atomic E-state index is 12.3. The number of hydrogen-bond acceptors (Lipinski definition) is 6. The SMILES string of the molecule is COc1ccc(CCCC(=O)Nc2cc(OC)c(OC)c(OC)c2)cc1OC. The van der Waals surface area contributed by atoms with E-state index in [0.717, 1.165) is 12.0 Å². The van der Waals surface area contributed by atoms with Crippen LogP contribution in [0.25, 0.3) is 0 Å². The number of aryl methyl sites for hydroxylation is 1. The molecule has 0 saturated carbocycles. The Labute approximate surface area is 165 Å². The number of benzene rings is 2. The molecule has 7 heteroatoms. The van der Waals surface area contributed by atoms with Crippen molar-refractivity contribution in [2.75, 3.05) is 40.9 Å². The van der Waals surface area contributed by atoms with Crippen LogP contribution in [0.3, 0.4) is 0 Å². The second kappa shape index (κ2) is 10.3. The van der Waals surface area contributed by atoms with Crippen molar-refractivity contribution >= 4 is 11.6 Å². The molecule has 0 heterocycles. The minimum atomic E-state index is -0.0882. The molecule has 2 aromatic carbocycles. The van der Waals surface area contributed by atoms with E-state index in [1.165, 1.54) is 21.3 Å². The van der Waals surface area contributed by atoms with Crippen LogP contribution < -0.4 is 29.0 Å². The second-order valence-corrected chi connectivity index (χ2v) is 6.01. The lowest BCUT2D eigenvalue weighted by Gasteiger charge is -2.14. The average Bonchev–Trinajstić information content (AvgIpc) is 2.72. The Morgan fingerprint density at radius 1 is 0.786 bits per heavy atom. The van der Waals surface area contributed by atoms with Crippen molar-refractivity contribution in [2.24, 2.45) is 0 Å². The summed E-state index contributed by atoms with van der Waals surface area (Å²) in [5.41, 5.74) is 1.67. The Balaban J connectivity index is 1.96. The van der Waals surface area contributed by atoms with E-state index in [9.17, 15) is 4.79 Å². The van der Waals surface area contributed by atoms with Crippen LogP contribution in [-0.4, -0.2) is 41.5 Å². The van der Waals surface area contributed by atoms with E-state index in [-0.39, 0.29) is 5.91 Å². The molecule has 0 aliphatic carbocycles. The molecule has 0 unspecified atom stereocenters. The molecule has 0 radical (unpaired) electrons. The lowest BCUT2D eigenvalue weighted by molar-refractivity contribution is -0.116. The Hall–Kier alpha value is -3.09. The number of anilines is 1. The molecule has 0 aliphatic rings. The van der Waals surface area contributed by atoms with Gasteiger partial charge in [-0.05, 0) is 30.5 Å². The number of nitrogens with one attached hydrogen (secondary N) is 1. The van der Waals surface area contributed by atoms with E-state index in [1.807, 2.05) is 18.2 Å². The Morgan fingerprint density at radius 2 is 1.39 bits per heavy atom. The van der Waals surface area contributed by atoms with Crippen molar-refractivity contribution in [3.63, 3.8) is 0 Å². The normalized spacial score (nSPS) is 10.2. The van der Waals surface area contributed by atoms with Gasteiger partial charge in [0.05, 0.1) is 35.5 Å². The van der Waals surface area contributed by atoms with Gasteiger partial charge in [-0.15, -0.1) is 0 Å². The van der Waals surface area contributed by atoms with Crippen LogP contribution in [0.15, 0.2) is 30.3 Å².